The van der Waals surface area contributed by atoms with E-state index in [0.29, 0.717) is 0 Å². The molecule has 0 fully saturated rings. The summed E-state index contributed by atoms with van der Waals surface area (Å²) in [6.07, 6.45) is -4.94. The van der Waals surface area contributed by atoms with E-state index < -0.39 is 23.9 Å². The molecule has 0 aliphatic rings. The van der Waals surface area contributed by atoms with Crippen LogP contribution in [0.5, 0.6) is 0 Å². The second-order valence-electron chi connectivity index (χ2n) is 5.46. The van der Waals surface area contributed by atoms with Gasteiger partial charge in [0.1, 0.15) is 0 Å². The molecule has 1 atom stereocenters. The van der Waals surface area contributed by atoms with Crippen LogP contribution in [-0.4, -0.2) is 19.7 Å². The second-order valence-corrected chi connectivity index (χ2v) is 5.46. The van der Waals surface area contributed by atoms with E-state index >= 15 is 0 Å². The van der Waals surface area contributed by atoms with Crippen LogP contribution < -0.4 is 10.6 Å². The summed E-state index contributed by atoms with van der Waals surface area (Å²) < 4.78 is 44.2. The predicted molar refractivity (Wildman–Crippen MR) is 89.4 cm³/mol. The Hall–Kier alpha value is -2.54. The fourth-order valence-corrected chi connectivity index (χ4v) is 2.46. The quantitative estimate of drug-likeness (QED) is 0.831. The molecule has 0 heterocycles. The molecule has 0 saturated carbocycles. The molecule has 0 aliphatic carbocycles. The number of amides is 2. The number of ether oxygens (including phenoxy) is 1. The zero-order valence-electron chi connectivity index (χ0n) is 13.9. The molecule has 4 nitrogen and oxygen atoms in total. The first-order chi connectivity index (χ1) is 11.8. The number of urea groups is 1. The molecule has 2 aromatic carbocycles. The molecule has 0 aliphatic heterocycles. The Morgan fingerprint density at radius 3 is 2.40 bits per heavy atom. The van der Waals surface area contributed by atoms with Crippen LogP contribution in [0.1, 0.15) is 22.8 Å². The number of carbonyl (C=O) groups is 1. The standard InChI is InChI=1S/C18H19F3N2O2/c1-12-7-3-4-8-13(12)16(25-2)11-22-17(24)23-15-10-6-5-9-14(15)18(19,20)21/h3-10,16H,11H2,1-2H3,(H2,22,23,24)/t16-/m0/s1. The minimum Gasteiger partial charge on any atom is -0.375 e. The molecule has 134 valence electrons. The molecular formula is C18H19F3N2O2. The lowest BCUT2D eigenvalue weighted by Gasteiger charge is -2.19. The van der Waals surface area contributed by atoms with Crippen molar-refractivity contribution in [3.05, 3.63) is 65.2 Å². The van der Waals surface area contributed by atoms with Crippen LogP contribution in [0.2, 0.25) is 0 Å². The number of carbonyl (C=O) groups excluding carboxylic acids is 1. The van der Waals surface area contributed by atoms with E-state index in [9.17, 15) is 18.0 Å². The molecule has 2 aromatic rings. The number of methoxy groups -OCH3 is 1. The Morgan fingerprint density at radius 1 is 1.12 bits per heavy atom. The maximum Gasteiger partial charge on any atom is 0.418 e. The number of halogens is 3. The largest absolute Gasteiger partial charge is 0.418 e. The molecule has 0 bridgehead atoms. The fourth-order valence-electron chi connectivity index (χ4n) is 2.46. The normalized spacial score (nSPS) is 12.5. The number of hydrogen-bond donors (Lipinski definition) is 2. The van der Waals surface area contributed by atoms with Gasteiger partial charge in [-0.05, 0) is 30.2 Å². The molecular weight excluding hydrogens is 333 g/mol. The minimum atomic E-state index is -4.54. The third kappa shape index (κ3) is 4.96. The van der Waals surface area contributed by atoms with Crippen LogP contribution in [0.15, 0.2) is 48.5 Å². The first-order valence-corrected chi connectivity index (χ1v) is 7.62. The van der Waals surface area contributed by atoms with Gasteiger partial charge >= 0.3 is 12.2 Å². The second kappa shape index (κ2) is 8.02. The van der Waals surface area contributed by atoms with Crippen molar-refractivity contribution in [2.45, 2.75) is 19.2 Å². The molecule has 0 radical (unpaired) electrons. The summed E-state index contributed by atoms with van der Waals surface area (Å²) in [6.45, 7) is 2.04. The summed E-state index contributed by atoms with van der Waals surface area (Å²) in [5, 5.41) is 4.78. The van der Waals surface area contributed by atoms with Gasteiger partial charge in [-0.2, -0.15) is 13.2 Å². The number of anilines is 1. The van der Waals surface area contributed by atoms with Gasteiger partial charge in [0.2, 0.25) is 0 Å². The van der Waals surface area contributed by atoms with Crippen LogP contribution >= 0.6 is 0 Å². The number of nitrogens with one attached hydrogen (secondary N) is 2. The Kier molecular flexibility index (Phi) is 6.03. The van der Waals surface area contributed by atoms with Crippen molar-refractivity contribution in [3.63, 3.8) is 0 Å². The molecule has 25 heavy (non-hydrogen) atoms. The topological polar surface area (TPSA) is 50.4 Å². The number of alkyl halides is 3. The van der Waals surface area contributed by atoms with E-state index in [1.54, 1.807) is 0 Å². The monoisotopic (exact) mass is 352 g/mol. The Balaban J connectivity index is 2.03. The summed E-state index contributed by atoms with van der Waals surface area (Å²) in [7, 11) is 1.51. The van der Waals surface area contributed by atoms with Gasteiger partial charge in [-0.1, -0.05) is 36.4 Å². The van der Waals surface area contributed by atoms with Crippen molar-refractivity contribution in [2.24, 2.45) is 0 Å². The summed E-state index contributed by atoms with van der Waals surface area (Å²) in [6, 6.07) is 11.6. The number of aryl methyl sites for hydroxylation is 1. The Morgan fingerprint density at radius 2 is 1.76 bits per heavy atom. The summed E-state index contributed by atoms with van der Waals surface area (Å²) in [4.78, 5) is 12.0. The van der Waals surface area contributed by atoms with Gasteiger partial charge in [-0.15, -0.1) is 0 Å². The van der Waals surface area contributed by atoms with Gasteiger partial charge in [-0.3, -0.25) is 0 Å². The van der Waals surface area contributed by atoms with Gasteiger partial charge in [0.05, 0.1) is 17.4 Å². The highest BCUT2D eigenvalue weighted by atomic mass is 19.4. The molecule has 0 unspecified atom stereocenters. The lowest BCUT2D eigenvalue weighted by Crippen LogP contribution is -2.33. The van der Waals surface area contributed by atoms with Crippen molar-refractivity contribution >= 4 is 11.7 Å². The molecule has 0 aromatic heterocycles. The van der Waals surface area contributed by atoms with Crippen molar-refractivity contribution < 1.29 is 22.7 Å². The highest BCUT2D eigenvalue weighted by molar-refractivity contribution is 5.90. The van der Waals surface area contributed by atoms with E-state index in [0.717, 1.165) is 17.2 Å². The molecule has 2 N–H and O–H groups in total. The first kappa shape index (κ1) is 18.8. The van der Waals surface area contributed by atoms with Gasteiger partial charge in [-0.25, -0.2) is 4.79 Å². The predicted octanol–water partition coefficient (Wildman–Crippen LogP) is 4.52. The van der Waals surface area contributed by atoms with Crippen LogP contribution in [0.4, 0.5) is 23.7 Å². The van der Waals surface area contributed by atoms with Crippen molar-refractivity contribution in [3.8, 4) is 0 Å². The van der Waals surface area contributed by atoms with Crippen molar-refractivity contribution in [1.82, 2.24) is 5.32 Å². The van der Waals surface area contributed by atoms with E-state index in [1.165, 1.54) is 25.3 Å². The van der Waals surface area contributed by atoms with Gasteiger partial charge in [0, 0.05) is 13.7 Å². The average Bonchev–Trinajstić information content (AvgIpc) is 2.56. The Labute approximate surface area is 144 Å². The first-order valence-electron chi connectivity index (χ1n) is 7.62. The van der Waals surface area contributed by atoms with E-state index in [2.05, 4.69) is 10.6 Å². The van der Waals surface area contributed by atoms with Gasteiger partial charge in [0.25, 0.3) is 0 Å². The average molecular weight is 352 g/mol. The molecule has 0 spiro atoms. The zero-order valence-corrected chi connectivity index (χ0v) is 13.9. The maximum atomic E-state index is 12.9. The van der Waals surface area contributed by atoms with E-state index in [1.807, 2.05) is 31.2 Å². The van der Waals surface area contributed by atoms with Gasteiger partial charge in [0.15, 0.2) is 0 Å². The number of rotatable bonds is 5. The van der Waals surface area contributed by atoms with E-state index in [-0.39, 0.29) is 12.2 Å². The lowest BCUT2D eigenvalue weighted by molar-refractivity contribution is -0.136. The molecule has 2 rings (SSSR count). The SMILES string of the molecule is CO[C@@H](CNC(=O)Nc1ccccc1C(F)(F)F)c1ccccc1C. The minimum absolute atomic E-state index is 0.126. The number of para-hydroxylation sites is 1. The smallest absolute Gasteiger partial charge is 0.375 e. The summed E-state index contributed by atoms with van der Waals surface area (Å²) >= 11 is 0. The molecule has 0 saturated heterocycles. The third-order valence-electron chi connectivity index (χ3n) is 3.75. The van der Waals surface area contributed by atoms with Gasteiger partial charge < -0.3 is 15.4 Å². The summed E-state index contributed by atoms with van der Waals surface area (Å²) in [5.74, 6) is 0. The molecule has 7 heteroatoms. The fraction of sp³-hybridized carbons (Fsp3) is 0.278. The van der Waals surface area contributed by atoms with Crippen molar-refractivity contribution in [2.75, 3.05) is 19.0 Å². The maximum absolute atomic E-state index is 12.9. The summed E-state index contributed by atoms with van der Waals surface area (Å²) in [5.41, 5.74) is 0.713. The lowest BCUT2D eigenvalue weighted by atomic mass is 10.0. The highest BCUT2D eigenvalue weighted by Crippen LogP contribution is 2.34. The van der Waals surface area contributed by atoms with E-state index in [4.69, 9.17) is 4.74 Å². The Bertz CT molecular complexity index is 732. The number of hydrogen-bond acceptors (Lipinski definition) is 2. The van der Waals surface area contributed by atoms with Crippen molar-refractivity contribution in [1.29, 1.82) is 0 Å². The van der Waals surface area contributed by atoms with Crippen LogP contribution in [0.25, 0.3) is 0 Å². The number of benzene rings is 2. The van der Waals surface area contributed by atoms with Crippen LogP contribution in [0.3, 0.4) is 0 Å². The highest BCUT2D eigenvalue weighted by Gasteiger charge is 2.33. The van der Waals surface area contributed by atoms with Crippen LogP contribution in [0, 0.1) is 6.92 Å². The molecule has 2 amide bonds. The zero-order chi connectivity index (χ0) is 18.4. The third-order valence-corrected chi connectivity index (χ3v) is 3.75. The van der Waals surface area contributed by atoms with Crippen LogP contribution in [-0.2, 0) is 10.9 Å².